The topological polar surface area (TPSA) is 108 Å². The zero-order valence-corrected chi connectivity index (χ0v) is 21.5. The van der Waals surface area contributed by atoms with Crippen LogP contribution in [0.2, 0.25) is 0 Å². The van der Waals surface area contributed by atoms with Crippen LogP contribution in [0.3, 0.4) is 0 Å². The highest BCUT2D eigenvalue weighted by molar-refractivity contribution is 5.83. The van der Waals surface area contributed by atoms with Crippen molar-refractivity contribution in [2.75, 3.05) is 6.61 Å². The number of alkyl carbamates (subject to hydrolysis) is 1. The molecule has 0 fully saturated rings. The summed E-state index contributed by atoms with van der Waals surface area (Å²) in [6.45, 7) is 5.84. The van der Waals surface area contributed by atoms with Gasteiger partial charge in [0.1, 0.15) is 35.0 Å². The van der Waals surface area contributed by atoms with E-state index in [0.717, 1.165) is 28.1 Å². The molecule has 10 heteroatoms. The largest absolute Gasteiger partial charge is 0.491 e. The molecule has 1 amide bonds. The van der Waals surface area contributed by atoms with E-state index in [1.165, 1.54) is 0 Å². The molecular formula is C28H27N7O3. The molecule has 5 aromatic rings. The maximum absolute atomic E-state index is 12.3. The van der Waals surface area contributed by atoms with E-state index < -0.39 is 11.7 Å². The van der Waals surface area contributed by atoms with Gasteiger partial charge in [-0.05, 0) is 39.0 Å². The fourth-order valence-electron chi connectivity index (χ4n) is 4.52. The average molecular weight is 510 g/mol. The molecule has 192 valence electrons. The van der Waals surface area contributed by atoms with Gasteiger partial charge in [0.05, 0.1) is 17.9 Å². The van der Waals surface area contributed by atoms with Gasteiger partial charge in [-0.15, -0.1) is 5.10 Å². The van der Waals surface area contributed by atoms with E-state index in [-0.39, 0.29) is 6.04 Å². The van der Waals surface area contributed by atoms with Crippen molar-refractivity contribution in [3.8, 4) is 39.7 Å². The van der Waals surface area contributed by atoms with Crippen molar-refractivity contribution in [3.63, 3.8) is 0 Å². The first-order chi connectivity index (χ1) is 18.2. The lowest BCUT2D eigenvalue weighted by atomic mass is 10.0. The predicted molar refractivity (Wildman–Crippen MR) is 141 cm³/mol. The fraction of sp³-hybridized carbons (Fsp3) is 0.250. The summed E-state index contributed by atoms with van der Waals surface area (Å²) in [5.74, 6) is 0.702. The Kier molecular flexibility index (Phi) is 5.59. The number of nitrogens with zero attached hydrogens (tertiary/aromatic N) is 6. The maximum Gasteiger partial charge on any atom is 0.408 e. The van der Waals surface area contributed by atoms with Crippen molar-refractivity contribution in [3.05, 3.63) is 72.4 Å². The number of nitrogens with one attached hydrogen (secondary N) is 1. The van der Waals surface area contributed by atoms with Crippen LogP contribution < -0.4 is 10.1 Å². The SMILES string of the molecule is Cn1cc(-c2ccc3nc(-c4ccc5c(c4)OC[C@@H]5NC(=O)OC(C)(C)C)c(-c4ccccc4)n3n2)nn1. The molecule has 38 heavy (non-hydrogen) atoms. The van der Waals surface area contributed by atoms with Gasteiger partial charge in [-0.1, -0.05) is 47.7 Å². The molecule has 0 spiro atoms. The molecule has 6 rings (SSSR count). The lowest BCUT2D eigenvalue weighted by molar-refractivity contribution is 0.0497. The number of rotatable bonds is 4. The summed E-state index contributed by atoms with van der Waals surface area (Å²) in [6, 6.07) is 19.5. The Hall–Kier alpha value is -4.73. The summed E-state index contributed by atoms with van der Waals surface area (Å²) in [5, 5.41) is 16.0. The van der Waals surface area contributed by atoms with E-state index in [1.54, 1.807) is 4.68 Å². The van der Waals surface area contributed by atoms with Crippen LogP contribution >= 0.6 is 0 Å². The smallest absolute Gasteiger partial charge is 0.408 e. The summed E-state index contributed by atoms with van der Waals surface area (Å²) in [6.07, 6.45) is 1.35. The first kappa shape index (κ1) is 23.7. The van der Waals surface area contributed by atoms with Crippen LogP contribution in [0.5, 0.6) is 5.75 Å². The number of hydrogen-bond acceptors (Lipinski definition) is 7. The molecule has 0 saturated carbocycles. The van der Waals surface area contributed by atoms with Crippen molar-refractivity contribution in [2.24, 2.45) is 7.05 Å². The molecule has 1 atom stereocenters. The van der Waals surface area contributed by atoms with Crippen molar-refractivity contribution < 1.29 is 14.3 Å². The van der Waals surface area contributed by atoms with E-state index >= 15 is 0 Å². The Morgan fingerprint density at radius 1 is 1.05 bits per heavy atom. The zero-order chi connectivity index (χ0) is 26.4. The number of benzene rings is 2. The van der Waals surface area contributed by atoms with Gasteiger partial charge in [-0.25, -0.2) is 14.3 Å². The van der Waals surface area contributed by atoms with Crippen molar-refractivity contribution in [2.45, 2.75) is 32.4 Å². The highest BCUT2D eigenvalue weighted by Gasteiger charge is 2.29. The second-order valence-corrected chi connectivity index (χ2v) is 10.2. The Balaban J connectivity index is 1.41. The number of amides is 1. The third-order valence-corrected chi connectivity index (χ3v) is 6.15. The minimum absolute atomic E-state index is 0.292. The predicted octanol–water partition coefficient (Wildman–Crippen LogP) is 4.82. The number of aryl methyl sites for hydroxylation is 1. The highest BCUT2D eigenvalue weighted by Crippen LogP contribution is 2.39. The summed E-state index contributed by atoms with van der Waals surface area (Å²) in [7, 11) is 1.82. The van der Waals surface area contributed by atoms with E-state index in [0.29, 0.717) is 29.4 Å². The van der Waals surface area contributed by atoms with E-state index in [2.05, 4.69) is 15.6 Å². The van der Waals surface area contributed by atoms with Gasteiger partial charge in [0.15, 0.2) is 5.65 Å². The first-order valence-electron chi connectivity index (χ1n) is 12.3. The number of ether oxygens (including phenoxy) is 2. The molecule has 0 bridgehead atoms. The fourth-order valence-corrected chi connectivity index (χ4v) is 4.52. The van der Waals surface area contributed by atoms with Crippen LogP contribution in [0.15, 0.2) is 66.9 Å². The van der Waals surface area contributed by atoms with Crippen LogP contribution in [-0.4, -0.2) is 47.9 Å². The number of fused-ring (bicyclic) bond motifs is 2. The molecule has 1 aliphatic heterocycles. The van der Waals surface area contributed by atoms with Gasteiger partial charge in [-0.3, -0.25) is 4.68 Å². The Morgan fingerprint density at radius 2 is 1.87 bits per heavy atom. The van der Waals surface area contributed by atoms with Gasteiger partial charge in [0, 0.05) is 23.7 Å². The number of imidazole rings is 1. The molecule has 1 aliphatic rings. The summed E-state index contributed by atoms with van der Waals surface area (Å²) in [4.78, 5) is 17.3. The lowest BCUT2D eigenvalue weighted by Crippen LogP contribution is -2.35. The summed E-state index contributed by atoms with van der Waals surface area (Å²) in [5.41, 5.74) is 5.89. The van der Waals surface area contributed by atoms with E-state index in [9.17, 15) is 4.79 Å². The minimum atomic E-state index is -0.575. The third kappa shape index (κ3) is 4.45. The second kappa shape index (κ2) is 8.98. The second-order valence-electron chi connectivity index (χ2n) is 10.2. The van der Waals surface area contributed by atoms with Crippen molar-refractivity contribution in [1.82, 2.24) is 34.9 Å². The van der Waals surface area contributed by atoms with Crippen LogP contribution in [0.1, 0.15) is 32.4 Å². The maximum atomic E-state index is 12.3. The molecule has 0 unspecified atom stereocenters. The lowest BCUT2D eigenvalue weighted by Gasteiger charge is -2.21. The quantitative estimate of drug-likeness (QED) is 0.370. The van der Waals surface area contributed by atoms with Gasteiger partial charge >= 0.3 is 6.09 Å². The molecule has 3 aromatic heterocycles. The number of carbonyl (C=O) groups excluding carboxylic acids is 1. The van der Waals surface area contributed by atoms with Crippen LogP contribution in [0.4, 0.5) is 4.79 Å². The Labute approximate surface area is 219 Å². The third-order valence-electron chi connectivity index (χ3n) is 6.15. The average Bonchev–Trinajstić information content (AvgIpc) is 3.59. The van der Waals surface area contributed by atoms with Crippen LogP contribution in [0.25, 0.3) is 39.5 Å². The van der Waals surface area contributed by atoms with Crippen LogP contribution in [-0.2, 0) is 11.8 Å². The number of aromatic nitrogens is 6. The Morgan fingerprint density at radius 3 is 2.61 bits per heavy atom. The normalized spacial score (nSPS) is 14.8. The first-order valence-corrected chi connectivity index (χ1v) is 12.3. The summed E-state index contributed by atoms with van der Waals surface area (Å²) < 4.78 is 14.9. The standard InChI is InChI=1S/C28H27N7O3/c1-28(2,3)38-27(36)29-22-16-37-23-14-18(10-11-19(22)23)25-26(17-8-6-5-7-9-17)35-24(30-25)13-12-20(32-35)21-15-34(4)33-31-21/h5-15,22H,16H2,1-4H3,(H,29,36)/t22-/m0/s1. The van der Waals surface area contributed by atoms with Gasteiger partial charge in [0.25, 0.3) is 0 Å². The van der Waals surface area contributed by atoms with Gasteiger partial charge < -0.3 is 14.8 Å². The number of hydrogen-bond donors (Lipinski definition) is 1. The van der Waals surface area contributed by atoms with E-state index in [1.807, 2.05) is 99.2 Å². The van der Waals surface area contributed by atoms with Gasteiger partial charge in [0.2, 0.25) is 0 Å². The molecule has 10 nitrogen and oxygen atoms in total. The van der Waals surface area contributed by atoms with Crippen molar-refractivity contribution >= 4 is 11.7 Å². The molecule has 1 N–H and O–H groups in total. The molecule has 4 heterocycles. The Bertz CT molecular complexity index is 1650. The zero-order valence-electron chi connectivity index (χ0n) is 21.5. The van der Waals surface area contributed by atoms with Gasteiger partial charge in [-0.2, -0.15) is 5.10 Å². The van der Waals surface area contributed by atoms with Crippen molar-refractivity contribution in [1.29, 1.82) is 0 Å². The summed E-state index contributed by atoms with van der Waals surface area (Å²) >= 11 is 0. The highest BCUT2D eigenvalue weighted by atomic mass is 16.6. The van der Waals surface area contributed by atoms with Crippen LogP contribution in [0, 0.1) is 0 Å². The molecule has 0 saturated heterocycles. The molecule has 0 aliphatic carbocycles. The molecule has 2 aromatic carbocycles. The minimum Gasteiger partial charge on any atom is -0.491 e. The molecule has 0 radical (unpaired) electrons. The van der Waals surface area contributed by atoms with E-state index in [4.69, 9.17) is 19.6 Å². The monoisotopic (exact) mass is 509 g/mol. The number of carbonyl (C=O) groups is 1. The molecular weight excluding hydrogens is 482 g/mol.